The lowest BCUT2D eigenvalue weighted by molar-refractivity contribution is -0.147. The van der Waals surface area contributed by atoms with Crippen LogP contribution in [0.15, 0.2) is 73.0 Å². The fourth-order valence-electron chi connectivity index (χ4n) is 3.11. The Balaban J connectivity index is 1.86. The molecule has 4 rings (SSSR count). The molecule has 0 bridgehead atoms. The molecule has 0 radical (unpaired) electrons. The highest BCUT2D eigenvalue weighted by atomic mass is 16.6. The minimum absolute atomic E-state index is 0.217. The van der Waals surface area contributed by atoms with Gasteiger partial charge in [0.25, 0.3) is 0 Å². The van der Waals surface area contributed by atoms with Crippen LogP contribution in [0.2, 0.25) is 0 Å². The Bertz CT molecular complexity index is 1350. The summed E-state index contributed by atoms with van der Waals surface area (Å²) in [5.74, 6) is -0.213. The fourth-order valence-corrected chi connectivity index (χ4v) is 3.11. The van der Waals surface area contributed by atoms with E-state index in [-0.39, 0.29) is 11.1 Å². The number of esters is 1. The Morgan fingerprint density at radius 3 is 2.52 bits per heavy atom. The highest BCUT2D eigenvalue weighted by molar-refractivity contribution is 5.95. The topological polar surface area (TPSA) is 96.0 Å². The maximum atomic E-state index is 12.5. The Labute approximate surface area is 164 Å². The van der Waals surface area contributed by atoms with Gasteiger partial charge in [0.2, 0.25) is 0 Å². The Morgan fingerprint density at radius 1 is 0.931 bits per heavy atom. The molecule has 29 heavy (non-hydrogen) atoms. The smallest absolute Gasteiger partial charge is 0.346 e. The summed E-state index contributed by atoms with van der Waals surface area (Å²) in [6.45, 7) is 1.54. The highest BCUT2D eigenvalue weighted by Crippen LogP contribution is 2.30. The maximum Gasteiger partial charge on any atom is 0.346 e. The SMILES string of the molecule is COC(=O)[C@H](C)Oc1ccc2c(-c3cc4ccccc4oc3=O)cc(=O)oc2c1. The summed E-state index contributed by atoms with van der Waals surface area (Å²) in [7, 11) is 1.27. The molecule has 7 nitrogen and oxygen atoms in total. The molecule has 0 spiro atoms. The van der Waals surface area contributed by atoms with Gasteiger partial charge < -0.3 is 18.3 Å². The summed E-state index contributed by atoms with van der Waals surface area (Å²) >= 11 is 0. The van der Waals surface area contributed by atoms with E-state index in [4.69, 9.17) is 13.6 Å². The summed E-state index contributed by atoms with van der Waals surface area (Å²) in [6, 6.07) is 14.8. The van der Waals surface area contributed by atoms with Gasteiger partial charge in [0, 0.05) is 28.5 Å². The molecule has 0 aliphatic carbocycles. The summed E-state index contributed by atoms with van der Waals surface area (Å²) in [5, 5.41) is 1.26. The second-order valence-corrected chi connectivity index (χ2v) is 6.41. The predicted octanol–water partition coefficient (Wildman–Crippen LogP) is 3.51. The lowest BCUT2D eigenvalue weighted by atomic mass is 10.0. The quantitative estimate of drug-likeness (QED) is 0.387. The lowest BCUT2D eigenvalue weighted by Gasteiger charge is -2.13. The number of carbonyl (C=O) groups is 1. The number of fused-ring (bicyclic) bond motifs is 2. The molecular weight excluding hydrogens is 376 g/mol. The number of carbonyl (C=O) groups excluding carboxylic acids is 1. The molecule has 0 fully saturated rings. The third kappa shape index (κ3) is 3.50. The zero-order valence-corrected chi connectivity index (χ0v) is 15.6. The first kappa shape index (κ1) is 18.5. The molecule has 0 saturated heterocycles. The molecular formula is C22H16O7. The van der Waals surface area contributed by atoms with E-state index in [9.17, 15) is 14.4 Å². The van der Waals surface area contributed by atoms with Gasteiger partial charge in [-0.25, -0.2) is 14.4 Å². The van der Waals surface area contributed by atoms with E-state index in [1.807, 2.05) is 12.1 Å². The molecule has 0 unspecified atom stereocenters. The first-order chi connectivity index (χ1) is 14.0. The van der Waals surface area contributed by atoms with Crippen molar-refractivity contribution >= 4 is 27.9 Å². The van der Waals surface area contributed by atoms with Crippen molar-refractivity contribution in [1.82, 2.24) is 0 Å². The van der Waals surface area contributed by atoms with Gasteiger partial charge in [-0.3, -0.25) is 0 Å². The molecule has 0 saturated carbocycles. The van der Waals surface area contributed by atoms with Crippen LogP contribution in [0.25, 0.3) is 33.1 Å². The third-order valence-corrected chi connectivity index (χ3v) is 4.49. The van der Waals surface area contributed by atoms with Crippen molar-refractivity contribution < 1.29 is 23.1 Å². The van der Waals surface area contributed by atoms with Crippen LogP contribution < -0.4 is 16.0 Å². The van der Waals surface area contributed by atoms with Crippen molar-refractivity contribution in [3.05, 3.63) is 75.4 Å². The molecule has 0 amide bonds. The average molecular weight is 392 g/mol. The fraction of sp³-hybridized carbons (Fsp3) is 0.136. The summed E-state index contributed by atoms with van der Waals surface area (Å²) in [5.41, 5.74) is 0.130. The minimum atomic E-state index is -0.833. The molecule has 0 aliphatic heterocycles. The number of benzene rings is 2. The molecule has 146 valence electrons. The van der Waals surface area contributed by atoms with Crippen molar-refractivity contribution in [2.75, 3.05) is 7.11 Å². The van der Waals surface area contributed by atoms with Crippen molar-refractivity contribution in [2.24, 2.45) is 0 Å². The van der Waals surface area contributed by atoms with Gasteiger partial charge in [-0.1, -0.05) is 18.2 Å². The average Bonchev–Trinajstić information content (AvgIpc) is 2.71. The number of ether oxygens (including phenoxy) is 2. The van der Waals surface area contributed by atoms with E-state index in [1.165, 1.54) is 19.2 Å². The van der Waals surface area contributed by atoms with Gasteiger partial charge in [-0.15, -0.1) is 0 Å². The number of rotatable bonds is 4. The van der Waals surface area contributed by atoms with Crippen molar-refractivity contribution in [3.8, 4) is 16.9 Å². The Kier molecular flexibility index (Phi) is 4.64. The van der Waals surface area contributed by atoms with Gasteiger partial charge in [0.1, 0.15) is 16.9 Å². The second-order valence-electron chi connectivity index (χ2n) is 6.41. The number of hydrogen-bond donors (Lipinski definition) is 0. The molecule has 0 aliphatic rings. The van der Waals surface area contributed by atoms with Gasteiger partial charge >= 0.3 is 17.2 Å². The van der Waals surface area contributed by atoms with E-state index in [0.29, 0.717) is 22.3 Å². The van der Waals surface area contributed by atoms with Crippen LogP contribution in [0.5, 0.6) is 5.75 Å². The summed E-state index contributed by atoms with van der Waals surface area (Å²) in [4.78, 5) is 36.2. The highest BCUT2D eigenvalue weighted by Gasteiger charge is 2.17. The normalized spacial score (nSPS) is 12.1. The maximum absolute atomic E-state index is 12.5. The van der Waals surface area contributed by atoms with Gasteiger partial charge in [-0.2, -0.15) is 0 Å². The second kappa shape index (κ2) is 7.27. The van der Waals surface area contributed by atoms with E-state index in [2.05, 4.69) is 4.74 Å². The van der Waals surface area contributed by atoms with Gasteiger partial charge in [-0.05, 0) is 31.2 Å². The third-order valence-electron chi connectivity index (χ3n) is 4.49. The van der Waals surface area contributed by atoms with Gasteiger partial charge in [0.05, 0.1) is 12.7 Å². The number of hydrogen-bond acceptors (Lipinski definition) is 7. The molecule has 7 heteroatoms. The molecule has 2 aromatic heterocycles. The molecule has 4 aromatic rings. The van der Waals surface area contributed by atoms with E-state index in [1.54, 1.807) is 37.3 Å². The first-order valence-corrected chi connectivity index (χ1v) is 8.82. The van der Waals surface area contributed by atoms with Crippen LogP contribution in [-0.2, 0) is 9.53 Å². The van der Waals surface area contributed by atoms with Crippen LogP contribution >= 0.6 is 0 Å². The monoisotopic (exact) mass is 392 g/mol. The van der Waals surface area contributed by atoms with Crippen LogP contribution in [0.4, 0.5) is 0 Å². The summed E-state index contributed by atoms with van der Waals surface area (Å²) in [6.07, 6.45) is -0.833. The molecule has 1 atom stereocenters. The first-order valence-electron chi connectivity index (χ1n) is 8.82. The Hall–Kier alpha value is -3.87. The van der Waals surface area contributed by atoms with Crippen LogP contribution in [-0.4, -0.2) is 19.2 Å². The predicted molar refractivity (Wildman–Crippen MR) is 106 cm³/mol. The minimum Gasteiger partial charge on any atom is -0.479 e. The largest absolute Gasteiger partial charge is 0.479 e. The number of para-hydroxylation sites is 1. The lowest BCUT2D eigenvalue weighted by Crippen LogP contribution is -2.24. The van der Waals surface area contributed by atoms with Crippen LogP contribution in [0.3, 0.4) is 0 Å². The standard InChI is InChI=1S/C22H16O7/c1-12(21(24)26-2)27-14-7-8-15-16(11-20(23)28-19(15)10-14)17-9-13-5-3-4-6-18(13)29-22(17)25/h3-12H,1-2H3/t12-/m0/s1. The Morgan fingerprint density at radius 2 is 1.72 bits per heavy atom. The van der Waals surface area contributed by atoms with Crippen molar-refractivity contribution in [1.29, 1.82) is 0 Å². The van der Waals surface area contributed by atoms with Crippen LogP contribution in [0, 0.1) is 0 Å². The zero-order valence-electron chi connectivity index (χ0n) is 15.6. The molecule has 2 heterocycles. The molecule has 2 aromatic carbocycles. The van der Waals surface area contributed by atoms with Crippen LogP contribution in [0.1, 0.15) is 6.92 Å². The van der Waals surface area contributed by atoms with E-state index in [0.717, 1.165) is 5.39 Å². The summed E-state index contributed by atoms with van der Waals surface area (Å²) < 4.78 is 20.8. The van der Waals surface area contributed by atoms with E-state index < -0.39 is 23.3 Å². The number of methoxy groups -OCH3 is 1. The van der Waals surface area contributed by atoms with E-state index >= 15 is 0 Å². The van der Waals surface area contributed by atoms with Crippen molar-refractivity contribution in [2.45, 2.75) is 13.0 Å². The van der Waals surface area contributed by atoms with Gasteiger partial charge in [0.15, 0.2) is 6.10 Å². The zero-order chi connectivity index (χ0) is 20.5. The van der Waals surface area contributed by atoms with Crippen molar-refractivity contribution in [3.63, 3.8) is 0 Å². The molecule has 0 N–H and O–H groups in total.